The zero-order valence-electron chi connectivity index (χ0n) is 14.4. The van der Waals surface area contributed by atoms with Crippen molar-refractivity contribution < 1.29 is 0 Å². The van der Waals surface area contributed by atoms with Gasteiger partial charge in [0, 0.05) is 38.6 Å². The number of aliphatic imine (C=N–C) groups is 1. The molecule has 1 saturated heterocycles. The van der Waals surface area contributed by atoms with Crippen LogP contribution in [0, 0.1) is 0 Å². The van der Waals surface area contributed by atoms with Crippen LogP contribution in [0.25, 0.3) is 0 Å². The minimum absolute atomic E-state index is 0.625. The first-order valence-electron chi connectivity index (χ1n) is 8.95. The average Bonchev–Trinajstić information content (AvgIpc) is 3.53. The van der Waals surface area contributed by atoms with Crippen LogP contribution < -0.4 is 10.6 Å². The third-order valence-electron chi connectivity index (χ3n) is 4.89. The highest BCUT2D eigenvalue weighted by atomic mass is 15.3. The Kier molecular flexibility index (Phi) is 4.50. The van der Waals surface area contributed by atoms with E-state index in [1.165, 1.54) is 24.0 Å². The van der Waals surface area contributed by atoms with E-state index in [-0.39, 0.29) is 0 Å². The van der Waals surface area contributed by atoms with Crippen molar-refractivity contribution in [3.8, 4) is 0 Å². The Morgan fingerprint density at radius 3 is 2.36 bits per heavy atom. The maximum Gasteiger partial charge on any atom is 0.225 e. The van der Waals surface area contributed by atoms with Crippen molar-refractivity contribution in [1.29, 1.82) is 0 Å². The van der Waals surface area contributed by atoms with E-state index in [1.807, 2.05) is 6.07 Å². The topological polar surface area (TPSA) is 70.6 Å². The van der Waals surface area contributed by atoms with Crippen LogP contribution in [0.3, 0.4) is 0 Å². The summed E-state index contributed by atoms with van der Waals surface area (Å²) in [5.74, 6) is 2.21. The van der Waals surface area contributed by atoms with Crippen LogP contribution in [0.5, 0.6) is 0 Å². The predicted octanol–water partition coefficient (Wildman–Crippen LogP) is 1.99. The van der Waals surface area contributed by atoms with Crippen molar-refractivity contribution in [3.05, 3.63) is 53.9 Å². The molecular formula is C19H24N6. The summed E-state index contributed by atoms with van der Waals surface area (Å²) in [6.07, 6.45) is 6.23. The van der Waals surface area contributed by atoms with Crippen molar-refractivity contribution in [3.63, 3.8) is 0 Å². The van der Waals surface area contributed by atoms with Gasteiger partial charge in [-0.25, -0.2) is 15.0 Å². The molecule has 2 aromatic rings. The zero-order chi connectivity index (χ0) is 17.1. The van der Waals surface area contributed by atoms with Gasteiger partial charge < -0.3 is 15.5 Å². The Bertz CT molecular complexity index is 715. The molecule has 1 saturated carbocycles. The Morgan fingerprint density at radius 1 is 1.04 bits per heavy atom. The Labute approximate surface area is 148 Å². The zero-order valence-corrected chi connectivity index (χ0v) is 14.4. The van der Waals surface area contributed by atoms with Crippen LogP contribution in [0.4, 0.5) is 5.95 Å². The van der Waals surface area contributed by atoms with Gasteiger partial charge in [0.1, 0.15) is 0 Å². The number of aromatic nitrogens is 2. The van der Waals surface area contributed by atoms with Crippen molar-refractivity contribution in [2.45, 2.75) is 25.3 Å². The van der Waals surface area contributed by atoms with Crippen molar-refractivity contribution >= 4 is 11.9 Å². The van der Waals surface area contributed by atoms with Crippen LogP contribution in [0.2, 0.25) is 0 Å². The minimum Gasteiger partial charge on any atom is -0.370 e. The normalized spacial score (nSPS) is 18.5. The molecule has 0 amide bonds. The Morgan fingerprint density at radius 2 is 1.72 bits per heavy atom. The van der Waals surface area contributed by atoms with Crippen LogP contribution in [0.15, 0.2) is 47.7 Å². The fraction of sp³-hybridized carbons (Fsp3) is 0.421. The van der Waals surface area contributed by atoms with E-state index in [1.54, 1.807) is 12.4 Å². The standard InChI is InChI=1S/C19H24N6/c20-18(23-14-15-2-4-16(5-3-15)17-6-7-17)24-10-12-25(13-11-24)19-21-8-1-9-22-19/h1-5,8-9,17H,6-7,10-14H2,(H2,20,23). The first-order valence-corrected chi connectivity index (χ1v) is 8.95. The lowest BCUT2D eigenvalue weighted by molar-refractivity contribution is 0.378. The first-order chi connectivity index (χ1) is 12.3. The highest BCUT2D eigenvalue weighted by Crippen LogP contribution is 2.39. The molecule has 1 aliphatic carbocycles. The number of hydrogen-bond acceptors (Lipinski definition) is 4. The van der Waals surface area contributed by atoms with Crippen molar-refractivity contribution in [2.75, 3.05) is 31.1 Å². The summed E-state index contributed by atoms with van der Waals surface area (Å²) in [4.78, 5) is 17.5. The van der Waals surface area contributed by atoms with Gasteiger partial charge in [0.05, 0.1) is 6.54 Å². The number of benzene rings is 1. The van der Waals surface area contributed by atoms with Gasteiger partial charge in [0.25, 0.3) is 0 Å². The van der Waals surface area contributed by atoms with Crippen molar-refractivity contribution in [1.82, 2.24) is 14.9 Å². The molecule has 2 heterocycles. The monoisotopic (exact) mass is 336 g/mol. The van der Waals surface area contributed by atoms with E-state index in [0.29, 0.717) is 12.5 Å². The molecule has 6 heteroatoms. The smallest absolute Gasteiger partial charge is 0.225 e. The van der Waals surface area contributed by atoms with E-state index >= 15 is 0 Å². The molecule has 0 atom stereocenters. The predicted molar refractivity (Wildman–Crippen MR) is 99.6 cm³/mol. The van der Waals surface area contributed by atoms with Gasteiger partial charge in [0.15, 0.2) is 5.96 Å². The molecule has 1 aromatic heterocycles. The summed E-state index contributed by atoms with van der Waals surface area (Å²) in [6.45, 7) is 4.04. The number of anilines is 1. The van der Waals surface area contributed by atoms with Gasteiger partial charge >= 0.3 is 0 Å². The molecular weight excluding hydrogens is 312 g/mol. The summed E-state index contributed by atoms with van der Waals surface area (Å²) in [5, 5.41) is 0. The van der Waals surface area contributed by atoms with Crippen LogP contribution in [-0.4, -0.2) is 47.0 Å². The van der Waals surface area contributed by atoms with Gasteiger partial charge in [-0.15, -0.1) is 0 Å². The second kappa shape index (κ2) is 7.09. The lowest BCUT2D eigenvalue weighted by atomic mass is 10.1. The quantitative estimate of drug-likeness (QED) is 0.683. The van der Waals surface area contributed by atoms with E-state index in [2.05, 4.69) is 49.0 Å². The molecule has 2 fully saturated rings. The number of guanidine groups is 1. The highest BCUT2D eigenvalue weighted by molar-refractivity contribution is 5.78. The second-order valence-electron chi connectivity index (χ2n) is 6.71. The Hall–Kier alpha value is -2.63. The molecule has 4 rings (SSSR count). The van der Waals surface area contributed by atoms with Crippen LogP contribution in [-0.2, 0) is 6.54 Å². The molecule has 2 N–H and O–H groups in total. The number of piperazine rings is 1. The van der Waals surface area contributed by atoms with Gasteiger partial charge in [-0.1, -0.05) is 24.3 Å². The van der Waals surface area contributed by atoms with Crippen LogP contribution >= 0.6 is 0 Å². The maximum atomic E-state index is 6.19. The molecule has 0 spiro atoms. The number of rotatable bonds is 4. The fourth-order valence-electron chi connectivity index (χ4n) is 3.17. The lowest BCUT2D eigenvalue weighted by Gasteiger charge is -2.35. The third-order valence-corrected chi connectivity index (χ3v) is 4.89. The third kappa shape index (κ3) is 3.90. The fourth-order valence-corrected chi connectivity index (χ4v) is 3.17. The van der Waals surface area contributed by atoms with E-state index in [9.17, 15) is 0 Å². The SMILES string of the molecule is NC(=NCc1ccc(C2CC2)cc1)N1CCN(c2ncccn2)CC1. The molecule has 0 radical (unpaired) electrons. The van der Waals surface area contributed by atoms with Crippen LogP contribution in [0.1, 0.15) is 29.9 Å². The van der Waals surface area contributed by atoms with E-state index in [4.69, 9.17) is 5.73 Å². The Balaban J connectivity index is 1.30. The van der Waals surface area contributed by atoms with Gasteiger partial charge in [-0.2, -0.15) is 0 Å². The lowest BCUT2D eigenvalue weighted by Crippen LogP contribution is -2.51. The molecule has 6 nitrogen and oxygen atoms in total. The van der Waals surface area contributed by atoms with Crippen molar-refractivity contribution in [2.24, 2.45) is 10.7 Å². The first kappa shape index (κ1) is 15.9. The molecule has 0 bridgehead atoms. The summed E-state index contributed by atoms with van der Waals surface area (Å²) >= 11 is 0. The summed E-state index contributed by atoms with van der Waals surface area (Å²) in [6, 6.07) is 10.7. The molecule has 1 aliphatic heterocycles. The van der Waals surface area contributed by atoms with E-state index < -0.39 is 0 Å². The molecule has 25 heavy (non-hydrogen) atoms. The number of nitrogens with two attached hydrogens (primary N) is 1. The number of nitrogens with zero attached hydrogens (tertiary/aromatic N) is 5. The minimum atomic E-state index is 0.625. The summed E-state index contributed by atoms with van der Waals surface area (Å²) in [7, 11) is 0. The summed E-state index contributed by atoms with van der Waals surface area (Å²) in [5.41, 5.74) is 8.86. The highest BCUT2D eigenvalue weighted by Gasteiger charge is 2.23. The second-order valence-corrected chi connectivity index (χ2v) is 6.71. The average molecular weight is 336 g/mol. The molecule has 2 aliphatic rings. The van der Waals surface area contributed by atoms with Gasteiger partial charge in [-0.3, -0.25) is 0 Å². The molecule has 1 aromatic carbocycles. The summed E-state index contributed by atoms with van der Waals surface area (Å²) < 4.78 is 0. The van der Waals surface area contributed by atoms with E-state index in [0.717, 1.165) is 38.0 Å². The molecule has 0 unspecified atom stereocenters. The van der Waals surface area contributed by atoms with Gasteiger partial charge in [-0.05, 0) is 36.0 Å². The number of hydrogen-bond donors (Lipinski definition) is 1. The van der Waals surface area contributed by atoms with Gasteiger partial charge in [0.2, 0.25) is 5.95 Å². The maximum absolute atomic E-state index is 6.19. The molecule has 130 valence electrons. The largest absolute Gasteiger partial charge is 0.370 e.